The molecule has 6 nitrogen and oxygen atoms in total. The molecule has 3 aromatic carbocycles. The first-order chi connectivity index (χ1) is 16.2. The minimum atomic E-state index is -0.303. The van der Waals surface area contributed by atoms with Gasteiger partial charge in [0.2, 0.25) is 11.8 Å². The van der Waals surface area contributed by atoms with E-state index in [2.05, 4.69) is 39.4 Å². The number of aromatic nitrogens is 2. The molecule has 0 radical (unpaired) electrons. The molecule has 1 aliphatic heterocycles. The van der Waals surface area contributed by atoms with Gasteiger partial charge in [0.1, 0.15) is 5.82 Å². The van der Waals surface area contributed by atoms with Gasteiger partial charge < -0.3 is 13.9 Å². The van der Waals surface area contributed by atoms with Crippen LogP contribution >= 0.6 is 0 Å². The Morgan fingerprint density at radius 1 is 0.970 bits per heavy atom. The lowest BCUT2D eigenvalue weighted by molar-refractivity contribution is 0.185. The van der Waals surface area contributed by atoms with Crippen molar-refractivity contribution in [3.8, 4) is 23.0 Å². The minimum Gasteiger partial charge on any atom is -0.493 e. The molecular weight excluding hydrogens is 421 g/mol. The molecule has 1 atom stereocenters. The Bertz CT molecular complexity index is 1240. The smallest absolute Gasteiger partial charge is 0.247 e. The van der Waals surface area contributed by atoms with Crippen LogP contribution in [-0.4, -0.2) is 35.9 Å². The molecule has 0 saturated carbocycles. The van der Waals surface area contributed by atoms with Gasteiger partial charge in [-0.05, 0) is 59.5 Å². The van der Waals surface area contributed by atoms with Crippen LogP contribution in [0.25, 0.3) is 11.5 Å². The van der Waals surface area contributed by atoms with E-state index in [9.17, 15) is 4.39 Å². The molecule has 5 rings (SSSR count). The van der Waals surface area contributed by atoms with E-state index in [4.69, 9.17) is 13.9 Å². The van der Waals surface area contributed by atoms with Crippen LogP contribution in [0.1, 0.15) is 28.6 Å². The molecule has 33 heavy (non-hydrogen) atoms. The highest BCUT2D eigenvalue weighted by Crippen LogP contribution is 2.41. The topological polar surface area (TPSA) is 60.6 Å². The number of methoxy groups -OCH3 is 2. The van der Waals surface area contributed by atoms with Crippen LogP contribution in [0, 0.1) is 5.82 Å². The van der Waals surface area contributed by atoms with Gasteiger partial charge in [-0.25, -0.2) is 4.39 Å². The summed E-state index contributed by atoms with van der Waals surface area (Å²) >= 11 is 0. The van der Waals surface area contributed by atoms with Crippen molar-refractivity contribution < 1.29 is 18.3 Å². The van der Waals surface area contributed by atoms with Crippen molar-refractivity contribution in [3.63, 3.8) is 0 Å². The van der Waals surface area contributed by atoms with E-state index in [0.717, 1.165) is 18.7 Å². The fourth-order valence-electron chi connectivity index (χ4n) is 4.39. The van der Waals surface area contributed by atoms with Crippen molar-refractivity contribution in [2.45, 2.75) is 19.0 Å². The lowest BCUT2D eigenvalue weighted by atomic mass is 9.87. The van der Waals surface area contributed by atoms with Gasteiger partial charge in [0.25, 0.3) is 0 Å². The summed E-state index contributed by atoms with van der Waals surface area (Å²) in [6.45, 7) is 1.30. The molecule has 7 heteroatoms. The van der Waals surface area contributed by atoms with Gasteiger partial charge >= 0.3 is 0 Å². The fraction of sp³-hybridized carbons (Fsp3) is 0.231. The van der Waals surface area contributed by atoms with Gasteiger partial charge in [0.15, 0.2) is 11.5 Å². The third kappa shape index (κ3) is 4.19. The SMILES string of the molecule is COc1cc2c(cc1OC)C(c1ccccc1)N(Cc1nnc(-c3ccc(F)cc3)o1)CC2. The average molecular weight is 445 g/mol. The van der Waals surface area contributed by atoms with Crippen LogP contribution in [0.3, 0.4) is 0 Å². The largest absolute Gasteiger partial charge is 0.493 e. The molecule has 1 aliphatic rings. The predicted octanol–water partition coefficient (Wildman–Crippen LogP) is 5.04. The number of halogens is 1. The highest BCUT2D eigenvalue weighted by molar-refractivity contribution is 5.53. The molecule has 2 heterocycles. The number of benzene rings is 3. The first-order valence-electron chi connectivity index (χ1n) is 10.8. The number of ether oxygens (including phenoxy) is 2. The molecule has 0 fully saturated rings. The number of nitrogens with zero attached hydrogens (tertiary/aromatic N) is 3. The zero-order chi connectivity index (χ0) is 22.8. The van der Waals surface area contributed by atoms with E-state index >= 15 is 0 Å². The second-order valence-electron chi connectivity index (χ2n) is 7.95. The van der Waals surface area contributed by atoms with Crippen LogP contribution in [0.4, 0.5) is 4.39 Å². The van der Waals surface area contributed by atoms with Gasteiger partial charge in [0.05, 0.1) is 26.8 Å². The van der Waals surface area contributed by atoms with Crippen molar-refractivity contribution in [1.29, 1.82) is 0 Å². The summed E-state index contributed by atoms with van der Waals surface area (Å²) in [7, 11) is 3.31. The van der Waals surface area contributed by atoms with Crippen molar-refractivity contribution in [3.05, 3.63) is 95.1 Å². The summed E-state index contributed by atoms with van der Waals surface area (Å²) < 4.78 is 30.3. The average Bonchev–Trinajstić information content (AvgIpc) is 3.32. The maximum atomic E-state index is 13.3. The Kier molecular flexibility index (Phi) is 5.79. The third-order valence-electron chi connectivity index (χ3n) is 5.99. The van der Waals surface area contributed by atoms with Crippen molar-refractivity contribution >= 4 is 0 Å². The lowest BCUT2D eigenvalue weighted by Crippen LogP contribution is -2.35. The molecule has 1 aromatic heterocycles. The first kappa shape index (κ1) is 21.2. The number of hydrogen-bond acceptors (Lipinski definition) is 6. The Labute approximate surface area is 191 Å². The maximum Gasteiger partial charge on any atom is 0.247 e. The quantitative estimate of drug-likeness (QED) is 0.414. The molecule has 0 amide bonds. The Morgan fingerprint density at radius 3 is 2.42 bits per heavy atom. The number of hydrogen-bond donors (Lipinski definition) is 0. The normalized spacial score (nSPS) is 15.8. The Morgan fingerprint density at radius 2 is 1.70 bits per heavy atom. The van der Waals surface area contributed by atoms with Crippen LogP contribution in [0.2, 0.25) is 0 Å². The van der Waals surface area contributed by atoms with Crippen LogP contribution in [0.15, 0.2) is 71.1 Å². The zero-order valence-corrected chi connectivity index (χ0v) is 18.5. The highest BCUT2D eigenvalue weighted by Gasteiger charge is 2.31. The summed E-state index contributed by atoms with van der Waals surface area (Å²) in [5, 5.41) is 8.43. The standard InChI is InChI=1S/C26H24FN3O3/c1-31-22-14-19-12-13-30(16-24-28-29-26(33-24)18-8-10-20(27)11-9-18)25(17-6-4-3-5-7-17)21(19)15-23(22)32-2/h3-11,14-15,25H,12-13,16H2,1-2H3. The molecule has 1 unspecified atom stereocenters. The predicted molar refractivity (Wildman–Crippen MR) is 122 cm³/mol. The summed E-state index contributed by atoms with van der Waals surface area (Å²) in [6.07, 6.45) is 0.859. The lowest BCUT2D eigenvalue weighted by Gasteiger charge is -2.37. The fourth-order valence-corrected chi connectivity index (χ4v) is 4.39. The molecule has 0 saturated heterocycles. The number of rotatable bonds is 6. The second-order valence-corrected chi connectivity index (χ2v) is 7.95. The molecule has 168 valence electrons. The van der Waals surface area contributed by atoms with Gasteiger partial charge in [0, 0.05) is 12.1 Å². The third-order valence-corrected chi connectivity index (χ3v) is 5.99. The molecule has 0 spiro atoms. The van der Waals surface area contributed by atoms with Gasteiger partial charge in [-0.2, -0.15) is 0 Å². The van der Waals surface area contributed by atoms with Crippen LogP contribution < -0.4 is 9.47 Å². The molecule has 0 N–H and O–H groups in total. The molecule has 0 aliphatic carbocycles. The monoisotopic (exact) mass is 445 g/mol. The van der Waals surface area contributed by atoms with Gasteiger partial charge in [-0.3, -0.25) is 4.90 Å². The summed E-state index contributed by atoms with van der Waals surface area (Å²) in [5.41, 5.74) is 4.26. The zero-order valence-electron chi connectivity index (χ0n) is 18.5. The van der Waals surface area contributed by atoms with E-state index in [-0.39, 0.29) is 11.9 Å². The minimum absolute atomic E-state index is 0.00377. The van der Waals surface area contributed by atoms with E-state index < -0.39 is 0 Å². The summed E-state index contributed by atoms with van der Waals surface area (Å²) in [6, 6.07) is 20.5. The van der Waals surface area contributed by atoms with Crippen LogP contribution in [-0.2, 0) is 13.0 Å². The van der Waals surface area contributed by atoms with Crippen LogP contribution in [0.5, 0.6) is 11.5 Å². The van der Waals surface area contributed by atoms with Gasteiger partial charge in [-0.1, -0.05) is 30.3 Å². The van der Waals surface area contributed by atoms with Crippen molar-refractivity contribution in [2.24, 2.45) is 0 Å². The molecular formula is C26H24FN3O3. The second kappa shape index (κ2) is 9.03. The van der Waals surface area contributed by atoms with E-state index in [1.54, 1.807) is 26.4 Å². The van der Waals surface area contributed by atoms with E-state index in [1.807, 2.05) is 18.2 Å². The van der Waals surface area contributed by atoms with Crippen molar-refractivity contribution in [1.82, 2.24) is 15.1 Å². The summed E-state index contributed by atoms with van der Waals surface area (Å²) in [5.74, 6) is 2.03. The van der Waals surface area contributed by atoms with Gasteiger partial charge in [-0.15, -0.1) is 10.2 Å². The summed E-state index contributed by atoms with van der Waals surface area (Å²) in [4.78, 5) is 2.32. The Hall–Kier alpha value is -3.71. The van der Waals surface area contributed by atoms with Crippen molar-refractivity contribution in [2.75, 3.05) is 20.8 Å². The van der Waals surface area contributed by atoms with E-state index in [0.29, 0.717) is 29.6 Å². The molecule has 4 aromatic rings. The first-order valence-corrected chi connectivity index (χ1v) is 10.8. The molecule has 0 bridgehead atoms. The number of fused-ring (bicyclic) bond motifs is 1. The van der Waals surface area contributed by atoms with E-state index in [1.165, 1.54) is 28.8 Å². The highest BCUT2D eigenvalue weighted by atomic mass is 19.1. The maximum absolute atomic E-state index is 13.3. The Balaban J connectivity index is 1.49.